The van der Waals surface area contributed by atoms with Crippen LogP contribution in [0, 0.1) is 16.7 Å². The zero-order chi connectivity index (χ0) is 27.2. The number of carbonyl (C=O) groups excluding carboxylic acids is 2. The van der Waals surface area contributed by atoms with Gasteiger partial charge in [-0.05, 0) is 80.6 Å². The zero-order valence-corrected chi connectivity index (χ0v) is 24.8. The lowest BCUT2D eigenvalue weighted by Gasteiger charge is -2.25. The van der Waals surface area contributed by atoms with Gasteiger partial charge in [-0.15, -0.1) is 36.2 Å². The van der Waals surface area contributed by atoms with Crippen LogP contribution in [0.5, 0.6) is 11.5 Å². The van der Waals surface area contributed by atoms with Gasteiger partial charge in [-0.1, -0.05) is 0 Å². The van der Waals surface area contributed by atoms with Crippen LogP contribution >= 0.6 is 36.2 Å². The number of halogens is 2. The van der Waals surface area contributed by atoms with E-state index in [0.717, 1.165) is 34.3 Å². The van der Waals surface area contributed by atoms with E-state index in [0.29, 0.717) is 29.5 Å². The monoisotopic (exact) mass is 608 g/mol. The molecular formula is C28H34Cl2N4O5S. The summed E-state index contributed by atoms with van der Waals surface area (Å²) in [5, 5.41) is 16.4. The number of nitrogens with one attached hydrogen (secondary N) is 2. The zero-order valence-electron chi connectivity index (χ0n) is 22.3. The van der Waals surface area contributed by atoms with Crippen molar-refractivity contribution in [3.8, 4) is 11.5 Å². The van der Waals surface area contributed by atoms with Crippen molar-refractivity contribution in [2.45, 2.75) is 39.2 Å². The molecule has 2 atom stereocenters. The van der Waals surface area contributed by atoms with Crippen molar-refractivity contribution in [2.75, 3.05) is 19.8 Å². The number of likely N-dealkylation sites (tertiary alicyclic amines) is 1. The quantitative estimate of drug-likeness (QED) is 0.0945. The third-order valence-corrected chi connectivity index (χ3v) is 7.57. The number of rotatable bonds is 10. The minimum atomic E-state index is -1.12. The average molecular weight is 610 g/mol. The van der Waals surface area contributed by atoms with Gasteiger partial charge >= 0.3 is 11.9 Å². The first-order valence-electron chi connectivity index (χ1n) is 12.5. The molecule has 4 rings (SSSR count). The number of hydrogen-bond acceptors (Lipinski definition) is 8. The molecule has 1 aromatic heterocycles. The number of esters is 2. The van der Waals surface area contributed by atoms with Gasteiger partial charge in [-0.2, -0.15) is 0 Å². The Balaban J connectivity index is 0.00000280. The summed E-state index contributed by atoms with van der Waals surface area (Å²) in [4.78, 5) is 28.6. The second-order valence-corrected chi connectivity index (χ2v) is 10.3. The molecule has 0 radical (unpaired) electrons. The van der Waals surface area contributed by atoms with E-state index in [2.05, 4.69) is 0 Å². The molecule has 40 heavy (non-hydrogen) atoms. The van der Waals surface area contributed by atoms with Crippen LogP contribution in [-0.2, 0) is 20.7 Å². The van der Waals surface area contributed by atoms with Crippen molar-refractivity contribution in [3.05, 3.63) is 59.0 Å². The Morgan fingerprint density at radius 1 is 1.07 bits per heavy atom. The summed E-state index contributed by atoms with van der Waals surface area (Å²) in [6.07, 6.45) is 2.17. The molecule has 0 spiro atoms. The summed E-state index contributed by atoms with van der Waals surface area (Å²) < 4.78 is 17.6. The Kier molecular flexibility index (Phi) is 12.2. The number of nitrogens with zero attached hydrogens (tertiary/aromatic N) is 1. The maximum atomic E-state index is 13.1. The van der Waals surface area contributed by atoms with E-state index in [9.17, 15) is 9.59 Å². The molecule has 4 N–H and O–H groups in total. The van der Waals surface area contributed by atoms with Crippen LogP contribution in [0.25, 0.3) is 10.1 Å². The van der Waals surface area contributed by atoms with E-state index >= 15 is 0 Å². The molecule has 1 saturated heterocycles. The summed E-state index contributed by atoms with van der Waals surface area (Å²) >= 11 is 1.46. The van der Waals surface area contributed by atoms with Crippen LogP contribution in [0.4, 0.5) is 0 Å². The lowest BCUT2D eigenvalue weighted by atomic mass is 10.0. The molecule has 1 fully saturated rings. The van der Waals surface area contributed by atoms with Crippen molar-refractivity contribution in [1.29, 1.82) is 10.8 Å². The summed E-state index contributed by atoms with van der Waals surface area (Å²) in [5.74, 6) is -0.988. The minimum absolute atomic E-state index is 0. The first-order chi connectivity index (χ1) is 18.2. The number of hydrogen-bond donors (Lipinski definition) is 3. The first kappa shape index (κ1) is 32.9. The molecule has 1 aliphatic heterocycles. The molecule has 1 unspecified atom stereocenters. The molecule has 3 aromatic rings. The Labute approximate surface area is 249 Å². The molecular weight excluding hydrogens is 575 g/mol. The second-order valence-electron chi connectivity index (χ2n) is 9.17. The molecule has 0 amide bonds. The Morgan fingerprint density at radius 3 is 2.42 bits per heavy atom. The number of nitrogen functional groups attached to an aromatic ring is 1. The molecule has 216 valence electrons. The topological polar surface area (TPSA) is 139 Å². The van der Waals surface area contributed by atoms with Crippen molar-refractivity contribution >= 4 is 69.8 Å². The number of carbonyl (C=O) groups is 2. The average Bonchev–Trinajstić information content (AvgIpc) is 3.53. The van der Waals surface area contributed by atoms with Crippen molar-refractivity contribution in [2.24, 2.45) is 11.7 Å². The normalized spacial score (nSPS) is 14.9. The van der Waals surface area contributed by atoms with Crippen LogP contribution in [0.3, 0.4) is 0 Å². The smallest absolute Gasteiger partial charge is 0.326 e. The molecule has 0 bridgehead atoms. The Bertz CT molecular complexity index is 1350. The van der Waals surface area contributed by atoms with Crippen LogP contribution in [0.15, 0.2) is 48.5 Å². The molecule has 9 nitrogen and oxygen atoms in total. The predicted octanol–water partition coefficient (Wildman–Crippen LogP) is 5.20. The van der Waals surface area contributed by atoms with Gasteiger partial charge in [0.2, 0.25) is 0 Å². The van der Waals surface area contributed by atoms with Gasteiger partial charge in [0.1, 0.15) is 23.9 Å². The highest BCUT2D eigenvalue weighted by atomic mass is 35.5. The van der Waals surface area contributed by atoms with Gasteiger partial charge in [0.25, 0.3) is 0 Å². The number of fused-ring (bicyclic) bond motifs is 1. The van der Waals surface area contributed by atoms with Gasteiger partial charge in [0.15, 0.2) is 5.92 Å². The number of nitrogens with two attached hydrogens (primary N) is 1. The lowest BCUT2D eigenvalue weighted by Crippen LogP contribution is -2.37. The third kappa shape index (κ3) is 8.09. The van der Waals surface area contributed by atoms with Crippen LogP contribution in [-0.4, -0.2) is 54.3 Å². The Morgan fingerprint density at radius 2 is 1.77 bits per heavy atom. The molecule has 2 heterocycles. The van der Waals surface area contributed by atoms with E-state index < -0.39 is 17.9 Å². The SMILES string of the molecule is CCOC(=O)C(Cc1cc2cc(C(=N)N)ccc2s1)C(=O)Oc1ccc(OC[C@H]2CCCN2C(C)=N)cc1.Cl.Cl. The second kappa shape index (κ2) is 14.9. The maximum absolute atomic E-state index is 13.1. The number of thiophene rings is 1. The lowest BCUT2D eigenvalue weighted by molar-refractivity contribution is -0.156. The van der Waals surface area contributed by atoms with Gasteiger partial charge in [-0.3, -0.25) is 20.4 Å². The van der Waals surface area contributed by atoms with Crippen LogP contribution < -0.4 is 15.2 Å². The summed E-state index contributed by atoms with van der Waals surface area (Å²) in [7, 11) is 0. The van der Waals surface area contributed by atoms with Gasteiger partial charge < -0.3 is 24.8 Å². The van der Waals surface area contributed by atoms with E-state index in [-0.39, 0.29) is 49.7 Å². The third-order valence-electron chi connectivity index (χ3n) is 6.43. The van der Waals surface area contributed by atoms with Gasteiger partial charge in [0, 0.05) is 28.1 Å². The highest BCUT2D eigenvalue weighted by Gasteiger charge is 2.31. The largest absolute Gasteiger partial charge is 0.491 e. The standard InChI is InChI=1S/C28H32N4O5S.2ClH/c1-3-35-27(33)24(15-23-14-19-13-18(26(30)31)6-11-25(19)38-23)28(34)37-22-9-7-21(8-10-22)36-16-20-5-4-12-32(20)17(2)29;;/h6-11,13-14,20,24,29H,3-5,12,15-16H2,1-2H3,(H3,30,31);2*1H/t20-,24?;;/m1../s1. The highest BCUT2D eigenvalue weighted by molar-refractivity contribution is 7.19. The fraction of sp³-hybridized carbons (Fsp3) is 0.357. The fourth-order valence-corrected chi connectivity index (χ4v) is 5.60. The minimum Gasteiger partial charge on any atom is -0.491 e. The summed E-state index contributed by atoms with van der Waals surface area (Å²) in [6.45, 7) is 4.98. The predicted molar refractivity (Wildman–Crippen MR) is 162 cm³/mol. The number of ether oxygens (including phenoxy) is 3. The van der Waals surface area contributed by atoms with Crippen molar-refractivity contribution < 1.29 is 23.8 Å². The van der Waals surface area contributed by atoms with Gasteiger partial charge in [-0.25, -0.2) is 0 Å². The summed E-state index contributed by atoms with van der Waals surface area (Å²) in [5.41, 5.74) is 6.21. The molecule has 0 saturated carbocycles. The highest BCUT2D eigenvalue weighted by Crippen LogP contribution is 2.29. The van der Waals surface area contributed by atoms with E-state index in [1.165, 1.54) is 11.3 Å². The molecule has 12 heteroatoms. The van der Waals surface area contributed by atoms with Crippen molar-refractivity contribution in [3.63, 3.8) is 0 Å². The van der Waals surface area contributed by atoms with E-state index in [4.69, 9.17) is 30.8 Å². The molecule has 1 aliphatic rings. The van der Waals surface area contributed by atoms with Crippen molar-refractivity contribution in [1.82, 2.24) is 4.90 Å². The Hall–Kier alpha value is -3.34. The van der Waals surface area contributed by atoms with E-state index in [1.54, 1.807) is 44.2 Å². The maximum Gasteiger partial charge on any atom is 0.326 e. The van der Waals surface area contributed by atoms with E-state index in [1.807, 2.05) is 23.1 Å². The number of benzene rings is 2. The van der Waals surface area contributed by atoms with Crippen LogP contribution in [0.2, 0.25) is 0 Å². The van der Waals surface area contributed by atoms with Gasteiger partial charge in [0.05, 0.1) is 18.5 Å². The molecule has 2 aromatic carbocycles. The summed E-state index contributed by atoms with van der Waals surface area (Å²) in [6, 6.07) is 14.2. The number of amidine groups is 2. The van der Waals surface area contributed by atoms with Crippen LogP contribution in [0.1, 0.15) is 37.1 Å². The first-order valence-corrected chi connectivity index (χ1v) is 13.4. The molecule has 0 aliphatic carbocycles. The fourth-order valence-electron chi connectivity index (χ4n) is 4.51.